The molecule has 1 aromatic carbocycles. The molecule has 0 radical (unpaired) electrons. The normalized spacial score (nSPS) is 12.5. The minimum atomic E-state index is 0.704. The number of unbranched alkanes of at least 4 members (excludes halogenated alkanes) is 1. The van der Waals surface area contributed by atoms with E-state index in [-0.39, 0.29) is 0 Å². The lowest BCUT2D eigenvalue weighted by molar-refractivity contribution is 0.447. The van der Waals surface area contributed by atoms with Gasteiger partial charge in [-0.15, -0.1) is 0 Å². The summed E-state index contributed by atoms with van der Waals surface area (Å²) in [4.78, 5) is 0. The van der Waals surface area contributed by atoms with Crippen LogP contribution >= 0.6 is 0 Å². The monoisotopic (exact) mass is 248 g/mol. The topological polar surface area (TPSA) is 29.3 Å². The average molecular weight is 248 g/mol. The predicted molar refractivity (Wildman–Crippen MR) is 80.8 cm³/mol. The third-order valence-electron chi connectivity index (χ3n) is 3.67. The number of rotatable bonds is 7. The minimum Gasteiger partial charge on any atom is -0.311 e. The number of nitrogens with zero attached hydrogens (tertiary/aromatic N) is 1. The lowest BCUT2D eigenvalue weighted by atomic mass is 9.98. The molecular weight excluding hydrogens is 220 g/mol. The second-order valence-electron chi connectivity index (χ2n) is 5.36. The fourth-order valence-electron chi connectivity index (χ4n) is 2.32. The highest BCUT2D eigenvalue weighted by Crippen LogP contribution is 2.22. The number of hydrogen-bond acceptors (Lipinski definition) is 2. The molecular formula is C16H28N2. The molecule has 0 saturated carbocycles. The van der Waals surface area contributed by atoms with Crippen molar-refractivity contribution < 1.29 is 0 Å². The lowest BCUT2D eigenvalue weighted by Gasteiger charge is -2.26. The van der Waals surface area contributed by atoms with Gasteiger partial charge in [-0.25, -0.2) is 5.84 Å². The van der Waals surface area contributed by atoms with Crippen molar-refractivity contribution in [1.82, 2.24) is 0 Å². The van der Waals surface area contributed by atoms with Gasteiger partial charge < -0.3 is 5.01 Å². The summed E-state index contributed by atoms with van der Waals surface area (Å²) >= 11 is 0. The maximum Gasteiger partial charge on any atom is 0.0549 e. The summed E-state index contributed by atoms with van der Waals surface area (Å²) in [6, 6.07) is 6.47. The van der Waals surface area contributed by atoms with Gasteiger partial charge >= 0.3 is 0 Å². The maximum absolute atomic E-state index is 6.25. The Labute approximate surface area is 112 Å². The fraction of sp³-hybridized carbons (Fsp3) is 0.625. The largest absolute Gasteiger partial charge is 0.311 e. The molecule has 18 heavy (non-hydrogen) atoms. The van der Waals surface area contributed by atoms with Gasteiger partial charge in [-0.1, -0.05) is 45.2 Å². The standard InChI is InChI=1S/C16H28N2/c1-5-7-8-15(6-2)12-18(17)16-11-13(3)9-10-14(16)4/h9-11,15H,5-8,12,17H2,1-4H3. The van der Waals surface area contributed by atoms with Crippen molar-refractivity contribution >= 4 is 5.69 Å². The fourth-order valence-corrected chi connectivity index (χ4v) is 2.32. The highest BCUT2D eigenvalue weighted by Gasteiger charge is 2.12. The van der Waals surface area contributed by atoms with E-state index in [0.29, 0.717) is 5.92 Å². The molecule has 0 aromatic heterocycles. The summed E-state index contributed by atoms with van der Waals surface area (Å²) in [5.74, 6) is 6.95. The van der Waals surface area contributed by atoms with Crippen LogP contribution < -0.4 is 10.9 Å². The summed E-state index contributed by atoms with van der Waals surface area (Å²) in [5, 5.41) is 1.94. The van der Waals surface area contributed by atoms with Gasteiger partial charge in [-0.3, -0.25) is 0 Å². The molecule has 0 amide bonds. The third-order valence-corrected chi connectivity index (χ3v) is 3.67. The number of hydrogen-bond donors (Lipinski definition) is 1. The van der Waals surface area contributed by atoms with Crippen LogP contribution in [0.15, 0.2) is 18.2 Å². The van der Waals surface area contributed by atoms with E-state index in [1.54, 1.807) is 0 Å². The van der Waals surface area contributed by atoms with Gasteiger partial charge in [-0.2, -0.15) is 0 Å². The number of anilines is 1. The summed E-state index contributed by atoms with van der Waals surface area (Å²) in [6.07, 6.45) is 5.06. The highest BCUT2D eigenvalue weighted by molar-refractivity contribution is 5.53. The van der Waals surface area contributed by atoms with Gasteiger partial charge in [0.1, 0.15) is 0 Å². The molecule has 2 nitrogen and oxygen atoms in total. The molecule has 0 heterocycles. The second-order valence-corrected chi connectivity index (χ2v) is 5.36. The van der Waals surface area contributed by atoms with E-state index in [0.717, 1.165) is 6.54 Å². The Kier molecular flexibility index (Phi) is 6.20. The molecule has 1 aromatic rings. The van der Waals surface area contributed by atoms with Crippen molar-refractivity contribution in [3.63, 3.8) is 0 Å². The molecule has 0 aliphatic heterocycles. The molecule has 0 aliphatic carbocycles. The Hall–Kier alpha value is -1.02. The van der Waals surface area contributed by atoms with Crippen LogP contribution in [0.5, 0.6) is 0 Å². The Morgan fingerprint density at radius 2 is 1.94 bits per heavy atom. The van der Waals surface area contributed by atoms with Crippen molar-refractivity contribution in [2.45, 2.75) is 53.4 Å². The summed E-state index contributed by atoms with van der Waals surface area (Å²) in [6.45, 7) is 9.71. The van der Waals surface area contributed by atoms with Crippen LogP contribution in [-0.2, 0) is 0 Å². The van der Waals surface area contributed by atoms with Crippen LogP contribution in [0.25, 0.3) is 0 Å². The predicted octanol–water partition coefficient (Wildman–Crippen LogP) is 4.20. The van der Waals surface area contributed by atoms with Crippen molar-refractivity contribution in [2.24, 2.45) is 11.8 Å². The van der Waals surface area contributed by atoms with Crippen LogP contribution in [0, 0.1) is 19.8 Å². The Bertz CT molecular complexity index is 360. The van der Waals surface area contributed by atoms with Gasteiger partial charge in [0.15, 0.2) is 0 Å². The van der Waals surface area contributed by atoms with Gasteiger partial charge in [0.05, 0.1) is 5.69 Å². The van der Waals surface area contributed by atoms with Gasteiger partial charge in [0.25, 0.3) is 0 Å². The van der Waals surface area contributed by atoms with Crippen LogP contribution in [-0.4, -0.2) is 6.54 Å². The molecule has 2 heteroatoms. The first-order valence-corrected chi connectivity index (χ1v) is 7.18. The summed E-state index contributed by atoms with van der Waals surface area (Å²) in [5.41, 5.74) is 3.70. The first-order valence-electron chi connectivity index (χ1n) is 7.18. The Balaban J connectivity index is 2.67. The SMILES string of the molecule is CCCCC(CC)CN(N)c1cc(C)ccc1C. The lowest BCUT2D eigenvalue weighted by Crippen LogP contribution is -2.36. The molecule has 1 rings (SSSR count). The van der Waals surface area contributed by atoms with E-state index >= 15 is 0 Å². The smallest absolute Gasteiger partial charge is 0.0549 e. The van der Waals surface area contributed by atoms with E-state index < -0.39 is 0 Å². The van der Waals surface area contributed by atoms with Crippen molar-refractivity contribution in [3.05, 3.63) is 29.3 Å². The van der Waals surface area contributed by atoms with Crippen molar-refractivity contribution in [2.75, 3.05) is 11.6 Å². The minimum absolute atomic E-state index is 0.704. The number of aryl methyl sites for hydroxylation is 2. The number of nitrogens with two attached hydrogens (primary N) is 1. The van der Waals surface area contributed by atoms with Gasteiger partial charge in [0.2, 0.25) is 0 Å². The molecule has 0 bridgehead atoms. The zero-order valence-electron chi connectivity index (χ0n) is 12.4. The summed E-state index contributed by atoms with van der Waals surface area (Å²) < 4.78 is 0. The van der Waals surface area contributed by atoms with E-state index in [1.807, 2.05) is 5.01 Å². The van der Waals surface area contributed by atoms with E-state index in [4.69, 9.17) is 5.84 Å². The van der Waals surface area contributed by atoms with E-state index in [1.165, 1.54) is 42.5 Å². The van der Waals surface area contributed by atoms with E-state index in [2.05, 4.69) is 45.9 Å². The van der Waals surface area contributed by atoms with Crippen LogP contribution in [0.1, 0.15) is 50.7 Å². The first-order chi connectivity index (χ1) is 8.58. The van der Waals surface area contributed by atoms with Gasteiger partial charge in [-0.05, 0) is 43.4 Å². The number of hydrazine groups is 1. The van der Waals surface area contributed by atoms with Crippen LogP contribution in [0.4, 0.5) is 5.69 Å². The van der Waals surface area contributed by atoms with Crippen LogP contribution in [0.3, 0.4) is 0 Å². The molecule has 1 unspecified atom stereocenters. The maximum atomic E-state index is 6.25. The van der Waals surface area contributed by atoms with Crippen molar-refractivity contribution in [3.8, 4) is 0 Å². The highest BCUT2D eigenvalue weighted by atomic mass is 15.4. The molecule has 1 atom stereocenters. The van der Waals surface area contributed by atoms with Crippen LogP contribution in [0.2, 0.25) is 0 Å². The molecule has 102 valence electrons. The Morgan fingerprint density at radius 3 is 2.56 bits per heavy atom. The van der Waals surface area contributed by atoms with Crippen molar-refractivity contribution in [1.29, 1.82) is 0 Å². The molecule has 0 fully saturated rings. The Morgan fingerprint density at radius 1 is 1.22 bits per heavy atom. The number of benzene rings is 1. The molecule has 0 spiro atoms. The molecule has 2 N–H and O–H groups in total. The molecule has 0 aliphatic rings. The zero-order chi connectivity index (χ0) is 13.5. The third kappa shape index (κ3) is 4.34. The van der Waals surface area contributed by atoms with Gasteiger partial charge in [0, 0.05) is 6.54 Å². The summed E-state index contributed by atoms with van der Waals surface area (Å²) in [7, 11) is 0. The zero-order valence-corrected chi connectivity index (χ0v) is 12.4. The second kappa shape index (κ2) is 7.42. The quantitative estimate of drug-likeness (QED) is 0.579. The van der Waals surface area contributed by atoms with E-state index in [9.17, 15) is 0 Å². The molecule has 0 saturated heterocycles. The first kappa shape index (κ1) is 15.0. The average Bonchev–Trinajstić information content (AvgIpc) is 2.37.